The lowest BCUT2D eigenvalue weighted by Crippen LogP contribution is -2.00. The quantitative estimate of drug-likeness (QED) is 0.868. The molecule has 0 amide bonds. The predicted molar refractivity (Wildman–Crippen MR) is 69.5 cm³/mol. The van der Waals surface area contributed by atoms with Crippen LogP contribution in [0.1, 0.15) is 11.1 Å². The molecule has 3 heteroatoms. The van der Waals surface area contributed by atoms with Gasteiger partial charge in [0.2, 0.25) is 0 Å². The molecule has 1 aromatic heterocycles. The highest BCUT2D eigenvalue weighted by molar-refractivity contribution is 5.85. The number of hydrogen-bond donors (Lipinski definition) is 1. The lowest BCUT2D eigenvalue weighted by atomic mass is 9.98. The summed E-state index contributed by atoms with van der Waals surface area (Å²) < 4.78 is 0. The molecule has 1 aromatic carbocycles. The topological polar surface area (TPSA) is 38.9 Å². The zero-order chi connectivity index (χ0) is 10.7. The summed E-state index contributed by atoms with van der Waals surface area (Å²) in [4.78, 5) is 4.09. The van der Waals surface area contributed by atoms with E-state index in [0.717, 1.165) is 5.56 Å². The van der Waals surface area contributed by atoms with Crippen molar-refractivity contribution >= 4 is 12.4 Å². The SMILES string of the molecule is Cc1ccccc1-c1ccncc1CN.Cl. The third-order valence-electron chi connectivity index (χ3n) is 2.56. The molecule has 0 saturated carbocycles. The minimum Gasteiger partial charge on any atom is -0.326 e. The fourth-order valence-corrected chi connectivity index (χ4v) is 1.73. The van der Waals surface area contributed by atoms with Gasteiger partial charge in [0, 0.05) is 18.9 Å². The molecule has 0 unspecified atom stereocenters. The molecule has 84 valence electrons. The third kappa shape index (κ3) is 2.40. The molecule has 0 radical (unpaired) electrons. The maximum Gasteiger partial charge on any atom is 0.0318 e. The molecule has 16 heavy (non-hydrogen) atoms. The maximum atomic E-state index is 5.70. The van der Waals surface area contributed by atoms with E-state index in [1.165, 1.54) is 16.7 Å². The Kier molecular flexibility index (Phi) is 4.47. The molecule has 0 atom stereocenters. The van der Waals surface area contributed by atoms with Crippen molar-refractivity contribution in [2.45, 2.75) is 13.5 Å². The van der Waals surface area contributed by atoms with Crippen LogP contribution in [0.4, 0.5) is 0 Å². The van der Waals surface area contributed by atoms with Crippen molar-refractivity contribution in [2.24, 2.45) is 5.73 Å². The van der Waals surface area contributed by atoms with E-state index in [1.807, 2.05) is 24.4 Å². The molecular formula is C13H15ClN2. The van der Waals surface area contributed by atoms with Crippen molar-refractivity contribution in [3.8, 4) is 11.1 Å². The molecule has 0 spiro atoms. The Morgan fingerprint density at radius 1 is 1.12 bits per heavy atom. The van der Waals surface area contributed by atoms with E-state index in [4.69, 9.17) is 5.73 Å². The lowest BCUT2D eigenvalue weighted by molar-refractivity contribution is 1.05. The van der Waals surface area contributed by atoms with Crippen LogP contribution in [0.2, 0.25) is 0 Å². The van der Waals surface area contributed by atoms with Crippen LogP contribution in [0.5, 0.6) is 0 Å². The van der Waals surface area contributed by atoms with E-state index < -0.39 is 0 Å². The monoisotopic (exact) mass is 234 g/mol. The number of hydrogen-bond acceptors (Lipinski definition) is 2. The van der Waals surface area contributed by atoms with Gasteiger partial charge in [0.15, 0.2) is 0 Å². The Morgan fingerprint density at radius 3 is 2.56 bits per heavy atom. The molecule has 0 aliphatic heterocycles. The number of nitrogens with zero attached hydrogens (tertiary/aromatic N) is 1. The molecular weight excluding hydrogens is 220 g/mol. The van der Waals surface area contributed by atoms with Crippen LogP contribution < -0.4 is 5.73 Å². The van der Waals surface area contributed by atoms with E-state index in [9.17, 15) is 0 Å². The number of aromatic nitrogens is 1. The average Bonchev–Trinajstić information content (AvgIpc) is 2.30. The number of halogens is 1. The summed E-state index contributed by atoms with van der Waals surface area (Å²) in [6.07, 6.45) is 3.64. The summed E-state index contributed by atoms with van der Waals surface area (Å²) in [6.45, 7) is 2.63. The smallest absolute Gasteiger partial charge is 0.0318 e. The average molecular weight is 235 g/mol. The highest BCUT2D eigenvalue weighted by atomic mass is 35.5. The molecule has 0 saturated heterocycles. The van der Waals surface area contributed by atoms with E-state index in [-0.39, 0.29) is 12.4 Å². The van der Waals surface area contributed by atoms with Gasteiger partial charge in [0.05, 0.1) is 0 Å². The van der Waals surface area contributed by atoms with Gasteiger partial charge in [-0.3, -0.25) is 4.98 Å². The van der Waals surface area contributed by atoms with Gasteiger partial charge in [-0.1, -0.05) is 24.3 Å². The van der Waals surface area contributed by atoms with Crippen LogP contribution in [-0.4, -0.2) is 4.98 Å². The molecule has 2 aromatic rings. The van der Waals surface area contributed by atoms with Crippen LogP contribution in [0.3, 0.4) is 0 Å². The Hall–Kier alpha value is -1.38. The minimum absolute atomic E-state index is 0. The van der Waals surface area contributed by atoms with Crippen molar-refractivity contribution in [1.82, 2.24) is 4.98 Å². The maximum absolute atomic E-state index is 5.70. The summed E-state index contributed by atoms with van der Waals surface area (Å²) in [6, 6.07) is 10.3. The molecule has 2 rings (SSSR count). The largest absolute Gasteiger partial charge is 0.326 e. The molecule has 0 aliphatic carbocycles. The molecule has 0 bridgehead atoms. The summed E-state index contributed by atoms with van der Waals surface area (Å²) in [5, 5.41) is 0. The second-order valence-electron chi connectivity index (χ2n) is 3.55. The standard InChI is InChI=1S/C13H14N2.ClH/c1-10-4-2-3-5-12(10)13-6-7-15-9-11(13)8-14;/h2-7,9H,8,14H2,1H3;1H. The lowest BCUT2D eigenvalue weighted by Gasteiger charge is -2.09. The van der Waals surface area contributed by atoms with E-state index in [2.05, 4.69) is 24.0 Å². The molecule has 2 nitrogen and oxygen atoms in total. The van der Waals surface area contributed by atoms with Crippen LogP contribution in [0, 0.1) is 6.92 Å². The van der Waals surface area contributed by atoms with Crippen molar-refractivity contribution in [3.05, 3.63) is 53.9 Å². The first-order chi connectivity index (χ1) is 7.33. The summed E-state index contributed by atoms with van der Waals surface area (Å²) in [5.74, 6) is 0. The third-order valence-corrected chi connectivity index (χ3v) is 2.56. The minimum atomic E-state index is 0. The second-order valence-corrected chi connectivity index (χ2v) is 3.55. The van der Waals surface area contributed by atoms with Crippen molar-refractivity contribution in [1.29, 1.82) is 0 Å². The second kappa shape index (κ2) is 5.64. The first kappa shape index (κ1) is 12.7. The van der Waals surface area contributed by atoms with E-state index >= 15 is 0 Å². The summed E-state index contributed by atoms with van der Waals surface area (Å²) in [7, 11) is 0. The summed E-state index contributed by atoms with van der Waals surface area (Å²) in [5.41, 5.74) is 10.5. The van der Waals surface area contributed by atoms with Gasteiger partial charge in [-0.2, -0.15) is 0 Å². The molecule has 0 aliphatic rings. The van der Waals surface area contributed by atoms with Gasteiger partial charge >= 0.3 is 0 Å². The highest BCUT2D eigenvalue weighted by Crippen LogP contribution is 2.25. The van der Waals surface area contributed by atoms with Gasteiger partial charge in [0.25, 0.3) is 0 Å². The number of pyridine rings is 1. The van der Waals surface area contributed by atoms with Gasteiger partial charge in [-0.05, 0) is 35.2 Å². The molecule has 0 fully saturated rings. The van der Waals surface area contributed by atoms with Crippen LogP contribution in [0.15, 0.2) is 42.7 Å². The molecule has 1 heterocycles. The Labute approximate surface area is 102 Å². The van der Waals surface area contributed by atoms with Gasteiger partial charge < -0.3 is 5.73 Å². The molecule has 2 N–H and O–H groups in total. The van der Waals surface area contributed by atoms with Crippen LogP contribution in [-0.2, 0) is 6.54 Å². The van der Waals surface area contributed by atoms with Gasteiger partial charge in [-0.15, -0.1) is 12.4 Å². The fraction of sp³-hybridized carbons (Fsp3) is 0.154. The zero-order valence-electron chi connectivity index (χ0n) is 9.18. The number of rotatable bonds is 2. The van der Waals surface area contributed by atoms with Crippen LogP contribution >= 0.6 is 12.4 Å². The van der Waals surface area contributed by atoms with Crippen molar-refractivity contribution in [2.75, 3.05) is 0 Å². The predicted octanol–water partition coefficient (Wildman–Crippen LogP) is 2.94. The summed E-state index contributed by atoms with van der Waals surface area (Å²) >= 11 is 0. The number of nitrogens with two attached hydrogens (primary N) is 1. The van der Waals surface area contributed by atoms with E-state index in [0.29, 0.717) is 6.54 Å². The van der Waals surface area contributed by atoms with Gasteiger partial charge in [-0.25, -0.2) is 0 Å². The number of benzene rings is 1. The Morgan fingerprint density at radius 2 is 1.88 bits per heavy atom. The normalized spacial score (nSPS) is 9.62. The van der Waals surface area contributed by atoms with Gasteiger partial charge in [0.1, 0.15) is 0 Å². The van der Waals surface area contributed by atoms with Crippen molar-refractivity contribution < 1.29 is 0 Å². The fourth-order valence-electron chi connectivity index (χ4n) is 1.73. The Bertz CT molecular complexity index is 469. The first-order valence-corrected chi connectivity index (χ1v) is 5.02. The van der Waals surface area contributed by atoms with Crippen molar-refractivity contribution in [3.63, 3.8) is 0 Å². The van der Waals surface area contributed by atoms with E-state index in [1.54, 1.807) is 6.20 Å². The number of aryl methyl sites for hydroxylation is 1. The highest BCUT2D eigenvalue weighted by Gasteiger charge is 2.05. The van der Waals surface area contributed by atoms with Crippen LogP contribution in [0.25, 0.3) is 11.1 Å². The zero-order valence-corrected chi connectivity index (χ0v) is 10.00. The first-order valence-electron chi connectivity index (χ1n) is 5.02. The Balaban J connectivity index is 0.00000128.